The summed E-state index contributed by atoms with van der Waals surface area (Å²) in [5, 5.41) is 15.6. The largest absolute Gasteiger partial charge is 0.388 e. The molecule has 24 heavy (non-hydrogen) atoms. The van der Waals surface area contributed by atoms with Gasteiger partial charge in [0.15, 0.2) is 0 Å². The summed E-state index contributed by atoms with van der Waals surface area (Å²) in [6, 6.07) is 16.8. The van der Waals surface area contributed by atoms with Gasteiger partial charge in [0.25, 0.3) is 0 Å². The molecule has 0 fully saturated rings. The van der Waals surface area contributed by atoms with E-state index >= 15 is 0 Å². The van der Waals surface area contributed by atoms with E-state index in [0.29, 0.717) is 13.0 Å². The van der Waals surface area contributed by atoms with Crippen molar-refractivity contribution < 1.29 is 14.7 Å². The number of benzene rings is 2. The second-order valence-electron chi connectivity index (χ2n) is 5.90. The lowest BCUT2D eigenvalue weighted by atomic mass is 9.97. The van der Waals surface area contributed by atoms with E-state index in [1.54, 1.807) is 0 Å². The third-order valence-electron chi connectivity index (χ3n) is 4.22. The number of nitrogens with one attached hydrogen (secondary N) is 2. The van der Waals surface area contributed by atoms with Gasteiger partial charge in [-0.3, -0.25) is 9.59 Å². The van der Waals surface area contributed by atoms with Gasteiger partial charge in [-0.2, -0.15) is 0 Å². The molecule has 3 rings (SSSR count). The molecule has 1 aliphatic rings. The number of hydrogen-bond acceptors (Lipinski definition) is 3. The van der Waals surface area contributed by atoms with Gasteiger partial charge in [-0.1, -0.05) is 48.5 Å². The van der Waals surface area contributed by atoms with Crippen molar-refractivity contribution in [1.29, 1.82) is 0 Å². The maximum Gasteiger partial charge on any atom is 0.232 e. The standard InChI is InChI=1S/C19H20N2O3/c22-17(13-6-2-1-3-7-13)10-11-20-18(23)12-15-14-8-4-5-9-16(14)21-19(15)24/h1-9,15,17,22H,10-12H2,(H,20,23)(H,21,24). The first kappa shape index (κ1) is 16.2. The van der Waals surface area contributed by atoms with E-state index in [1.165, 1.54) is 0 Å². The van der Waals surface area contributed by atoms with Gasteiger partial charge < -0.3 is 15.7 Å². The smallest absolute Gasteiger partial charge is 0.232 e. The molecule has 2 aromatic rings. The first-order valence-electron chi connectivity index (χ1n) is 8.04. The topological polar surface area (TPSA) is 78.4 Å². The van der Waals surface area contributed by atoms with Crippen LogP contribution in [-0.2, 0) is 9.59 Å². The van der Waals surface area contributed by atoms with Crippen molar-refractivity contribution in [2.45, 2.75) is 24.9 Å². The number of amides is 2. The summed E-state index contributed by atoms with van der Waals surface area (Å²) < 4.78 is 0. The van der Waals surface area contributed by atoms with Crippen LogP contribution < -0.4 is 10.6 Å². The number of carbonyl (C=O) groups excluding carboxylic acids is 2. The fourth-order valence-corrected chi connectivity index (χ4v) is 2.93. The number of para-hydroxylation sites is 1. The molecule has 1 aliphatic heterocycles. The maximum atomic E-state index is 12.1. The lowest BCUT2D eigenvalue weighted by Gasteiger charge is -2.13. The van der Waals surface area contributed by atoms with Crippen LogP contribution in [0.4, 0.5) is 5.69 Å². The highest BCUT2D eigenvalue weighted by Crippen LogP contribution is 2.34. The van der Waals surface area contributed by atoms with Crippen LogP contribution in [0.15, 0.2) is 54.6 Å². The Kier molecular flexibility index (Phi) is 4.91. The summed E-state index contributed by atoms with van der Waals surface area (Å²) in [4.78, 5) is 24.1. The van der Waals surface area contributed by atoms with Crippen LogP contribution >= 0.6 is 0 Å². The second kappa shape index (κ2) is 7.27. The number of anilines is 1. The van der Waals surface area contributed by atoms with Crippen LogP contribution in [0.25, 0.3) is 0 Å². The summed E-state index contributed by atoms with van der Waals surface area (Å²) in [6.45, 7) is 0.366. The van der Waals surface area contributed by atoms with Crippen molar-refractivity contribution in [3.8, 4) is 0 Å². The molecular formula is C19H20N2O3. The van der Waals surface area contributed by atoms with Gasteiger partial charge in [-0.15, -0.1) is 0 Å². The van der Waals surface area contributed by atoms with E-state index < -0.39 is 12.0 Å². The summed E-state index contributed by atoms with van der Waals surface area (Å²) in [6.07, 6.45) is -0.0602. The van der Waals surface area contributed by atoms with E-state index in [1.807, 2.05) is 54.6 Å². The zero-order valence-electron chi connectivity index (χ0n) is 13.2. The van der Waals surface area contributed by atoms with Gasteiger partial charge in [-0.25, -0.2) is 0 Å². The number of rotatable bonds is 6. The van der Waals surface area contributed by atoms with Crippen LogP contribution in [0.3, 0.4) is 0 Å². The van der Waals surface area contributed by atoms with Gasteiger partial charge in [0.1, 0.15) is 0 Å². The molecule has 0 saturated heterocycles. The van der Waals surface area contributed by atoms with Crippen molar-refractivity contribution in [2.75, 3.05) is 11.9 Å². The molecule has 2 aromatic carbocycles. The molecule has 124 valence electrons. The summed E-state index contributed by atoms with van der Waals surface area (Å²) in [7, 11) is 0. The number of aliphatic hydroxyl groups excluding tert-OH is 1. The van der Waals surface area contributed by atoms with E-state index in [2.05, 4.69) is 10.6 Å². The molecular weight excluding hydrogens is 304 g/mol. The molecule has 0 saturated carbocycles. The van der Waals surface area contributed by atoms with Crippen LogP contribution in [0.1, 0.15) is 36.0 Å². The van der Waals surface area contributed by atoms with Crippen molar-refractivity contribution in [1.82, 2.24) is 5.32 Å². The predicted molar refractivity (Wildman–Crippen MR) is 91.5 cm³/mol. The highest BCUT2D eigenvalue weighted by molar-refractivity contribution is 6.04. The molecule has 0 radical (unpaired) electrons. The minimum atomic E-state index is -0.609. The van der Waals surface area contributed by atoms with Crippen molar-refractivity contribution in [3.63, 3.8) is 0 Å². The molecule has 0 bridgehead atoms. The third-order valence-corrected chi connectivity index (χ3v) is 4.22. The zero-order valence-corrected chi connectivity index (χ0v) is 13.2. The average Bonchev–Trinajstić information content (AvgIpc) is 2.91. The zero-order chi connectivity index (χ0) is 16.9. The van der Waals surface area contributed by atoms with E-state index in [9.17, 15) is 14.7 Å². The lowest BCUT2D eigenvalue weighted by Crippen LogP contribution is -2.28. The van der Waals surface area contributed by atoms with Gasteiger partial charge >= 0.3 is 0 Å². The van der Waals surface area contributed by atoms with Crippen LogP contribution in [0.5, 0.6) is 0 Å². The fourth-order valence-electron chi connectivity index (χ4n) is 2.93. The highest BCUT2D eigenvalue weighted by Gasteiger charge is 2.31. The molecule has 2 amide bonds. The Morgan fingerprint density at radius 2 is 1.83 bits per heavy atom. The minimum Gasteiger partial charge on any atom is -0.388 e. The molecule has 0 spiro atoms. The predicted octanol–water partition coefficient (Wildman–Crippen LogP) is 2.35. The van der Waals surface area contributed by atoms with E-state index in [0.717, 1.165) is 16.8 Å². The fraction of sp³-hybridized carbons (Fsp3) is 0.263. The maximum absolute atomic E-state index is 12.1. The van der Waals surface area contributed by atoms with Gasteiger partial charge in [-0.05, 0) is 23.6 Å². The Bertz CT molecular complexity index is 730. The summed E-state index contributed by atoms with van der Waals surface area (Å²) >= 11 is 0. The third kappa shape index (κ3) is 3.63. The van der Waals surface area contributed by atoms with Crippen LogP contribution in [0.2, 0.25) is 0 Å². The number of carbonyl (C=O) groups is 2. The molecule has 2 unspecified atom stereocenters. The van der Waals surface area contributed by atoms with E-state index in [-0.39, 0.29) is 18.2 Å². The SMILES string of the molecule is O=C(CC1C(=O)Nc2ccccc21)NCCC(O)c1ccccc1. The molecule has 0 aliphatic carbocycles. The van der Waals surface area contributed by atoms with Crippen LogP contribution in [-0.4, -0.2) is 23.5 Å². The molecule has 5 heteroatoms. The van der Waals surface area contributed by atoms with Crippen molar-refractivity contribution >= 4 is 17.5 Å². The average molecular weight is 324 g/mol. The first-order valence-corrected chi connectivity index (χ1v) is 8.04. The minimum absolute atomic E-state index is 0.115. The molecule has 5 nitrogen and oxygen atoms in total. The highest BCUT2D eigenvalue weighted by atomic mass is 16.3. The van der Waals surface area contributed by atoms with Gasteiger partial charge in [0.2, 0.25) is 11.8 Å². The van der Waals surface area contributed by atoms with E-state index in [4.69, 9.17) is 0 Å². The molecule has 2 atom stereocenters. The second-order valence-corrected chi connectivity index (χ2v) is 5.90. The number of fused-ring (bicyclic) bond motifs is 1. The Hall–Kier alpha value is -2.66. The monoisotopic (exact) mass is 324 g/mol. The van der Waals surface area contributed by atoms with Crippen LogP contribution in [0, 0.1) is 0 Å². The normalized spacial score (nSPS) is 17.0. The Morgan fingerprint density at radius 1 is 1.12 bits per heavy atom. The first-order chi connectivity index (χ1) is 11.6. The Morgan fingerprint density at radius 3 is 2.62 bits per heavy atom. The number of aliphatic hydroxyl groups is 1. The lowest BCUT2D eigenvalue weighted by molar-refractivity contribution is -0.125. The van der Waals surface area contributed by atoms with Crippen molar-refractivity contribution in [2.24, 2.45) is 0 Å². The Labute approximate surface area is 140 Å². The molecule has 1 heterocycles. The summed E-state index contributed by atoms with van der Waals surface area (Å²) in [5.74, 6) is -0.775. The number of hydrogen-bond donors (Lipinski definition) is 3. The van der Waals surface area contributed by atoms with Gasteiger partial charge in [0.05, 0.1) is 12.0 Å². The van der Waals surface area contributed by atoms with Crippen molar-refractivity contribution in [3.05, 3.63) is 65.7 Å². The van der Waals surface area contributed by atoms with Gasteiger partial charge in [0, 0.05) is 18.7 Å². The molecule has 0 aromatic heterocycles. The molecule has 3 N–H and O–H groups in total. The quantitative estimate of drug-likeness (QED) is 0.763. The summed E-state index contributed by atoms with van der Waals surface area (Å²) in [5.41, 5.74) is 2.47. The Balaban J connectivity index is 1.49.